The molecule has 2 atom stereocenters. The van der Waals surface area contributed by atoms with E-state index in [1.54, 1.807) is 13.2 Å². The van der Waals surface area contributed by atoms with E-state index in [0.29, 0.717) is 54.1 Å². The van der Waals surface area contributed by atoms with Crippen LogP contribution in [0.5, 0.6) is 0 Å². The number of anilines is 1. The Hall–Kier alpha value is -2.86. The molecule has 0 bridgehead atoms. The summed E-state index contributed by atoms with van der Waals surface area (Å²) in [6.07, 6.45) is 1.01. The average Bonchev–Trinajstić information content (AvgIpc) is 3.17. The van der Waals surface area contributed by atoms with Gasteiger partial charge >= 0.3 is 0 Å². The second kappa shape index (κ2) is 11.3. The van der Waals surface area contributed by atoms with Gasteiger partial charge in [0.1, 0.15) is 0 Å². The van der Waals surface area contributed by atoms with Crippen LogP contribution in [0.1, 0.15) is 37.6 Å². The number of thiazole rings is 1. The average molecular weight is 545 g/mol. The van der Waals surface area contributed by atoms with E-state index >= 15 is 0 Å². The van der Waals surface area contributed by atoms with Crippen molar-refractivity contribution in [1.82, 2.24) is 8.87 Å². The van der Waals surface area contributed by atoms with Gasteiger partial charge in [-0.2, -0.15) is 9.30 Å². The molecule has 0 aliphatic carbocycles. The number of sulfonamides is 1. The van der Waals surface area contributed by atoms with Crippen molar-refractivity contribution in [2.45, 2.75) is 38.6 Å². The summed E-state index contributed by atoms with van der Waals surface area (Å²) in [6, 6.07) is 11.5. The van der Waals surface area contributed by atoms with Crippen molar-refractivity contribution in [1.29, 1.82) is 0 Å². The first kappa shape index (κ1) is 27.2. The zero-order valence-electron chi connectivity index (χ0n) is 21.4. The fourth-order valence-corrected chi connectivity index (χ4v) is 7.48. The highest BCUT2D eigenvalue weighted by molar-refractivity contribution is 7.89. The topological polar surface area (TPSA) is 110 Å². The van der Waals surface area contributed by atoms with Gasteiger partial charge in [-0.05, 0) is 60.7 Å². The summed E-state index contributed by atoms with van der Waals surface area (Å²) in [7, 11) is -2.03. The van der Waals surface area contributed by atoms with E-state index in [4.69, 9.17) is 4.74 Å². The van der Waals surface area contributed by atoms with Crippen molar-refractivity contribution >= 4 is 49.1 Å². The molecular formula is C26H32N4O5S2. The minimum Gasteiger partial charge on any atom is -0.383 e. The number of carbonyl (C=O) groups excluding carboxylic acids is 2. The second-order valence-corrected chi connectivity index (χ2v) is 12.5. The molecule has 1 aromatic heterocycles. The highest BCUT2D eigenvalue weighted by Crippen LogP contribution is 2.27. The van der Waals surface area contributed by atoms with Crippen LogP contribution in [0.4, 0.5) is 5.69 Å². The van der Waals surface area contributed by atoms with E-state index < -0.39 is 15.9 Å². The van der Waals surface area contributed by atoms with Crippen molar-refractivity contribution in [3.8, 4) is 0 Å². The fourth-order valence-electron chi connectivity index (χ4n) is 4.71. The van der Waals surface area contributed by atoms with Gasteiger partial charge < -0.3 is 14.6 Å². The molecule has 0 spiro atoms. The van der Waals surface area contributed by atoms with Crippen molar-refractivity contribution in [3.63, 3.8) is 0 Å². The summed E-state index contributed by atoms with van der Waals surface area (Å²) < 4.78 is 35.9. The van der Waals surface area contributed by atoms with Gasteiger partial charge in [0, 0.05) is 44.9 Å². The minimum absolute atomic E-state index is 0.168. The first-order valence-corrected chi connectivity index (χ1v) is 14.4. The summed E-state index contributed by atoms with van der Waals surface area (Å²) >= 11 is 1.33. The third kappa shape index (κ3) is 6.18. The van der Waals surface area contributed by atoms with Crippen LogP contribution < -0.4 is 10.1 Å². The van der Waals surface area contributed by atoms with Crippen molar-refractivity contribution in [2.75, 3.05) is 32.1 Å². The van der Waals surface area contributed by atoms with Gasteiger partial charge in [-0.3, -0.25) is 9.59 Å². The normalized spacial score (nSPS) is 19.3. The largest absolute Gasteiger partial charge is 0.383 e. The van der Waals surface area contributed by atoms with Crippen molar-refractivity contribution < 1.29 is 22.7 Å². The lowest BCUT2D eigenvalue weighted by atomic mass is 9.94. The van der Waals surface area contributed by atoms with E-state index in [1.165, 1.54) is 46.8 Å². The van der Waals surface area contributed by atoms with Crippen LogP contribution in [-0.2, 0) is 26.1 Å². The van der Waals surface area contributed by atoms with E-state index in [-0.39, 0.29) is 10.8 Å². The van der Waals surface area contributed by atoms with Crippen LogP contribution in [0, 0.1) is 11.8 Å². The number of amides is 2. The Morgan fingerprint density at radius 3 is 2.41 bits per heavy atom. The monoisotopic (exact) mass is 544 g/mol. The number of carbonyl (C=O) groups is 2. The highest BCUT2D eigenvalue weighted by atomic mass is 32.2. The number of rotatable bonds is 7. The molecular weight excluding hydrogens is 512 g/mol. The molecule has 1 aliphatic rings. The van der Waals surface area contributed by atoms with Gasteiger partial charge in [0.25, 0.3) is 5.91 Å². The fraction of sp³-hybridized carbons (Fsp3) is 0.423. The lowest BCUT2D eigenvalue weighted by Crippen LogP contribution is -2.42. The molecule has 2 unspecified atom stereocenters. The number of piperidine rings is 1. The van der Waals surface area contributed by atoms with Gasteiger partial charge in [0.05, 0.1) is 21.7 Å². The predicted molar refractivity (Wildman–Crippen MR) is 144 cm³/mol. The Balaban J connectivity index is 1.63. The lowest BCUT2D eigenvalue weighted by molar-refractivity contribution is -0.114. The van der Waals surface area contributed by atoms with Gasteiger partial charge in [0.2, 0.25) is 15.9 Å². The smallest absolute Gasteiger partial charge is 0.279 e. The molecule has 2 amide bonds. The van der Waals surface area contributed by atoms with Gasteiger partial charge in [-0.25, -0.2) is 8.42 Å². The molecule has 0 saturated carbocycles. The number of ether oxygens (including phenoxy) is 1. The Labute approximate surface area is 220 Å². The molecule has 1 N–H and O–H groups in total. The third-order valence-corrected chi connectivity index (χ3v) is 9.18. The van der Waals surface area contributed by atoms with Crippen LogP contribution in [0.3, 0.4) is 0 Å². The maximum atomic E-state index is 13.2. The molecule has 198 valence electrons. The number of nitrogens with one attached hydrogen (secondary N) is 1. The Kier molecular flexibility index (Phi) is 8.27. The number of hydrogen-bond donors (Lipinski definition) is 1. The number of nitrogens with zero attached hydrogens (tertiary/aromatic N) is 3. The molecule has 2 heterocycles. The van der Waals surface area contributed by atoms with Crippen molar-refractivity contribution in [2.24, 2.45) is 16.8 Å². The molecule has 1 saturated heterocycles. The number of benzene rings is 2. The van der Waals surface area contributed by atoms with Crippen LogP contribution >= 0.6 is 11.3 Å². The van der Waals surface area contributed by atoms with Crippen LogP contribution in [0.15, 0.2) is 52.4 Å². The summed E-state index contributed by atoms with van der Waals surface area (Å²) in [6.45, 7) is 7.50. The van der Waals surface area contributed by atoms with E-state index in [1.807, 2.05) is 16.7 Å². The number of fused-ring (bicyclic) bond motifs is 1. The predicted octanol–water partition coefficient (Wildman–Crippen LogP) is 3.72. The van der Waals surface area contributed by atoms with Gasteiger partial charge in [-0.1, -0.05) is 25.2 Å². The van der Waals surface area contributed by atoms with E-state index in [2.05, 4.69) is 24.2 Å². The molecule has 2 aromatic carbocycles. The number of methoxy groups -OCH3 is 1. The van der Waals surface area contributed by atoms with Gasteiger partial charge in [-0.15, -0.1) is 0 Å². The first-order chi connectivity index (χ1) is 17.6. The molecule has 1 fully saturated rings. The molecule has 4 rings (SSSR count). The molecule has 9 nitrogen and oxygen atoms in total. The molecule has 0 radical (unpaired) electrons. The Bertz CT molecular complexity index is 1460. The summed E-state index contributed by atoms with van der Waals surface area (Å²) in [5, 5.41) is 2.76. The van der Waals surface area contributed by atoms with Crippen LogP contribution in [0.25, 0.3) is 10.2 Å². The summed E-state index contributed by atoms with van der Waals surface area (Å²) in [4.78, 5) is 29.5. The minimum atomic E-state index is -3.63. The molecule has 3 aromatic rings. The molecule has 37 heavy (non-hydrogen) atoms. The first-order valence-electron chi connectivity index (χ1n) is 12.2. The second-order valence-electron chi connectivity index (χ2n) is 9.60. The Morgan fingerprint density at radius 2 is 1.78 bits per heavy atom. The lowest BCUT2D eigenvalue weighted by Gasteiger charge is -2.34. The summed E-state index contributed by atoms with van der Waals surface area (Å²) in [5.74, 6) is -0.0285. The zero-order chi connectivity index (χ0) is 26.7. The van der Waals surface area contributed by atoms with E-state index in [9.17, 15) is 18.0 Å². The van der Waals surface area contributed by atoms with E-state index in [0.717, 1.165) is 16.6 Å². The number of aromatic nitrogens is 1. The SMILES string of the molecule is COCCn1c(=NC(=O)c2ccc(S(=O)(=O)N3CC(C)CC(C)C3)cc2)sc2cc(NC(C)=O)ccc21. The third-order valence-electron chi connectivity index (χ3n) is 6.29. The maximum Gasteiger partial charge on any atom is 0.279 e. The Morgan fingerprint density at radius 1 is 1.11 bits per heavy atom. The quantitative estimate of drug-likeness (QED) is 0.488. The van der Waals surface area contributed by atoms with Crippen LogP contribution in [0.2, 0.25) is 0 Å². The van der Waals surface area contributed by atoms with Gasteiger partial charge in [0.15, 0.2) is 4.80 Å². The zero-order valence-corrected chi connectivity index (χ0v) is 23.1. The molecule has 11 heteroatoms. The summed E-state index contributed by atoms with van der Waals surface area (Å²) in [5.41, 5.74) is 1.83. The number of hydrogen-bond acceptors (Lipinski definition) is 6. The standard InChI is InChI=1S/C26H32N4O5S2/c1-17-13-18(2)16-29(15-17)37(33,34)22-8-5-20(6-9-22)25(32)28-26-30(11-12-35-4)23-10-7-21(27-19(3)31)14-24(23)36-26/h5-10,14,17-18H,11-13,15-16H2,1-4H3,(H,27,31). The maximum absolute atomic E-state index is 13.2. The molecule has 1 aliphatic heterocycles. The van der Waals surface area contributed by atoms with Crippen molar-refractivity contribution in [3.05, 3.63) is 52.8 Å². The van der Waals surface area contributed by atoms with Crippen LogP contribution in [-0.4, -0.2) is 55.9 Å². The highest BCUT2D eigenvalue weighted by Gasteiger charge is 2.31.